The Morgan fingerprint density at radius 1 is 0.970 bits per heavy atom. The number of hydrogen-bond donors (Lipinski definition) is 0. The van der Waals surface area contributed by atoms with Gasteiger partial charge in [0.05, 0.1) is 12.2 Å². The molecule has 1 aliphatic rings. The second-order valence-corrected chi connectivity index (χ2v) is 8.84. The Hall–Kier alpha value is -3.51. The number of aryl methyl sites for hydroxylation is 3. The minimum atomic E-state index is -0.187. The fraction of sp³-hybridized carbons (Fsp3) is 0.231. The molecule has 33 heavy (non-hydrogen) atoms. The number of aromatic nitrogens is 4. The molecule has 0 aliphatic carbocycles. The molecule has 1 atom stereocenters. The predicted molar refractivity (Wildman–Crippen MR) is 129 cm³/mol. The summed E-state index contributed by atoms with van der Waals surface area (Å²) in [7, 11) is 0. The van der Waals surface area contributed by atoms with Gasteiger partial charge in [-0.15, -0.1) is 0 Å². The van der Waals surface area contributed by atoms with E-state index in [4.69, 9.17) is 16.7 Å². The van der Waals surface area contributed by atoms with Crippen LogP contribution in [0.5, 0.6) is 0 Å². The van der Waals surface area contributed by atoms with Crippen molar-refractivity contribution in [3.8, 4) is 5.95 Å². The zero-order valence-electron chi connectivity index (χ0n) is 18.8. The molecule has 3 heterocycles. The molecule has 1 amide bonds. The third-order valence-electron chi connectivity index (χ3n) is 5.99. The molecule has 5 rings (SSSR count). The molecular weight excluding hydrogens is 434 g/mol. The quantitative estimate of drug-likeness (QED) is 0.416. The fourth-order valence-electron chi connectivity index (χ4n) is 4.59. The molecule has 0 bridgehead atoms. The number of halogens is 1. The van der Waals surface area contributed by atoms with Crippen LogP contribution >= 0.6 is 11.6 Å². The Labute approximate surface area is 197 Å². The second-order valence-electron chi connectivity index (χ2n) is 8.43. The van der Waals surface area contributed by atoms with Crippen molar-refractivity contribution >= 4 is 23.3 Å². The van der Waals surface area contributed by atoms with Crippen molar-refractivity contribution in [3.63, 3.8) is 0 Å². The first-order valence-corrected chi connectivity index (χ1v) is 11.3. The Morgan fingerprint density at radius 3 is 2.33 bits per heavy atom. The molecule has 0 saturated carbocycles. The minimum Gasteiger partial charge on any atom is -0.292 e. The third-order valence-corrected chi connectivity index (χ3v) is 6.33. The molecule has 0 spiro atoms. The molecule has 166 valence electrons. The van der Waals surface area contributed by atoms with E-state index in [9.17, 15) is 4.79 Å². The van der Waals surface area contributed by atoms with E-state index in [1.54, 1.807) is 9.58 Å². The average molecular weight is 458 g/mol. The summed E-state index contributed by atoms with van der Waals surface area (Å²) in [4.78, 5) is 24.7. The van der Waals surface area contributed by atoms with Gasteiger partial charge in [0.1, 0.15) is 5.82 Å². The molecule has 0 fully saturated rings. The van der Waals surface area contributed by atoms with Crippen molar-refractivity contribution in [2.24, 2.45) is 0 Å². The van der Waals surface area contributed by atoms with E-state index in [-0.39, 0.29) is 11.8 Å². The van der Waals surface area contributed by atoms with Crippen LogP contribution in [0.2, 0.25) is 5.02 Å². The summed E-state index contributed by atoms with van der Waals surface area (Å²) in [6, 6.07) is 19.6. The van der Waals surface area contributed by atoms with Crippen molar-refractivity contribution in [1.82, 2.24) is 19.7 Å². The van der Waals surface area contributed by atoms with E-state index in [1.807, 2.05) is 81.4 Å². The summed E-state index contributed by atoms with van der Waals surface area (Å²) in [5.74, 6) is 1.000. The molecule has 0 radical (unpaired) electrons. The van der Waals surface area contributed by atoms with Gasteiger partial charge in [0, 0.05) is 34.3 Å². The van der Waals surface area contributed by atoms with Crippen LogP contribution < -0.4 is 4.90 Å². The summed E-state index contributed by atoms with van der Waals surface area (Å²) in [6.45, 7) is 6.27. The minimum absolute atomic E-state index is 0.0156. The molecule has 6 nitrogen and oxygen atoms in total. The van der Waals surface area contributed by atoms with Gasteiger partial charge in [-0.2, -0.15) is 9.78 Å². The first-order chi connectivity index (χ1) is 15.9. The first-order valence-electron chi connectivity index (χ1n) is 10.9. The number of nitrogens with zero attached hydrogens (tertiary/aromatic N) is 5. The van der Waals surface area contributed by atoms with Crippen LogP contribution in [-0.2, 0) is 11.3 Å². The summed E-state index contributed by atoms with van der Waals surface area (Å²) < 4.78 is 1.72. The van der Waals surface area contributed by atoms with Crippen LogP contribution in [-0.4, -0.2) is 25.7 Å². The highest BCUT2D eigenvalue weighted by Crippen LogP contribution is 2.44. The standard InChI is InChI=1S/C26H24ClN5O/c1-16-13-17(2)29-26(28-16)32-25-24(18(3)30-32)21(20-11-7-8-12-22(20)27)14-23(33)31(25)15-19-9-5-4-6-10-19/h4-13,21H,14-15H2,1-3H3/t21-/m0/s1. The predicted octanol–water partition coefficient (Wildman–Crippen LogP) is 5.31. The van der Waals surface area contributed by atoms with Crippen LogP contribution in [0.4, 0.5) is 5.82 Å². The van der Waals surface area contributed by atoms with Crippen molar-refractivity contribution in [2.75, 3.05) is 4.90 Å². The molecule has 0 saturated heterocycles. The maximum Gasteiger partial charge on any atom is 0.252 e. The maximum absolute atomic E-state index is 13.6. The van der Waals surface area contributed by atoms with Crippen molar-refractivity contribution in [2.45, 2.75) is 39.7 Å². The molecule has 0 N–H and O–H groups in total. The van der Waals surface area contributed by atoms with Gasteiger partial charge in [-0.25, -0.2) is 9.97 Å². The molecule has 4 aromatic rings. The molecule has 0 unspecified atom stereocenters. The van der Waals surface area contributed by atoms with Crippen LogP contribution in [0.15, 0.2) is 60.7 Å². The number of carbonyl (C=O) groups excluding carboxylic acids is 1. The molecule has 7 heteroatoms. The van der Waals surface area contributed by atoms with Gasteiger partial charge in [-0.1, -0.05) is 60.1 Å². The lowest BCUT2D eigenvalue weighted by Crippen LogP contribution is -2.38. The number of anilines is 1. The maximum atomic E-state index is 13.6. The van der Waals surface area contributed by atoms with E-state index in [2.05, 4.69) is 9.97 Å². The highest BCUT2D eigenvalue weighted by molar-refractivity contribution is 6.31. The zero-order chi connectivity index (χ0) is 23.1. The van der Waals surface area contributed by atoms with Gasteiger partial charge in [0.25, 0.3) is 5.95 Å². The lowest BCUT2D eigenvalue weighted by Gasteiger charge is -2.33. The van der Waals surface area contributed by atoms with Crippen molar-refractivity contribution < 1.29 is 4.79 Å². The summed E-state index contributed by atoms with van der Waals surface area (Å²) in [5.41, 5.74) is 5.49. The molecule has 1 aliphatic heterocycles. The zero-order valence-corrected chi connectivity index (χ0v) is 19.5. The third kappa shape index (κ3) is 3.91. The molecule has 2 aromatic heterocycles. The van der Waals surface area contributed by atoms with Crippen LogP contribution in [0, 0.1) is 20.8 Å². The fourth-order valence-corrected chi connectivity index (χ4v) is 4.86. The van der Waals surface area contributed by atoms with Crippen LogP contribution in [0.1, 0.15) is 46.1 Å². The Morgan fingerprint density at radius 2 is 1.64 bits per heavy atom. The summed E-state index contributed by atoms with van der Waals surface area (Å²) in [5, 5.41) is 5.48. The van der Waals surface area contributed by atoms with Crippen molar-refractivity contribution in [3.05, 3.63) is 99.5 Å². The lowest BCUT2D eigenvalue weighted by atomic mass is 9.85. The number of fused-ring (bicyclic) bond motifs is 1. The lowest BCUT2D eigenvalue weighted by molar-refractivity contribution is -0.119. The number of rotatable bonds is 4. The largest absolute Gasteiger partial charge is 0.292 e. The molecule has 2 aromatic carbocycles. The Balaban J connectivity index is 1.73. The monoisotopic (exact) mass is 457 g/mol. The second kappa shape index (κ2) is 8.45. The highest BCUT2D eigenvalue weighted by Gasteiger charge is 2.39. The van der Waals surface area contributed by atoms with Crippen LogP contribution in [0.3, 0.4) is 0 Å². The van der Waals surface area contributed by atoms with Gasteiger partial charge in [0.15, 0.2) is 0 Å². The van der Waals surface area contributed by atoms with Crippen LogP contribution in [0.25, 0.3) is 5.95 Å². The highest BCUT2D eigenvalue weighted by atomic mass is 35.5. The van der Waals surface area contributed by atoms with Gasteiger partial charge in [-0.3, -0.25) is 9.69 Å². The topological polar surface area (TPSA) is 63.9 Å². The smallest absolute Gasteiger partial charge is 0.252 e. The van der Waals surface area contributed by atoms with Gasteiger partial charge < -0.3 is 0 Å². The number of benzene rings is 2. The molecular formula is C26H24ClN5O. The number of amides is 1. The number of carbonyl (C=O) groups is 1. The Kier molecular flexibility index (Phi) is 5.46. The van der Waals surface area contributed by atoms with E-state index in [1.165, 1.54) is 0 Å². The Bertz CT molecular complexity index is 1330. The number of hydrogen-bond acceptors (Lipinski definition) is 4. The summed E-state index contributed by atoms with van der Waals surface area (Å²) in [6.07, 6.45) is 0.323. The van der Waals surface area contributed by atoms with E-state index < -0.39 is 0 Å². The van der Waals surface area contributed by atoms with Gasteiger partial charge in [0.2, 0.25) is 5.91 Å². The van der Waals surface area contributed by atoms with Gasteiger partial charge >= 0.3 is 0 Å². The van der Waals surface area contributed by atoms with E-state index in [0.29, 0.717) is 29.8 Å². The first kappa shape index (κ1) is 21.3. The summed E-state index contributed by atoms with van der Waals surface area (Å²) >= 11 is 6.58. The SMILES string of the molecule is Cc1cc(C)nc(-n2nc(C)c3c2N(Cc2ccccc2)C(=O)C[C@H]3c2ccccc2Cl)n1. The normalized spacial score (nSPS) is 15.6. The average Bonchev–Trinajstić information content (AvgIpc) is 3.13. The van der Waals surface area contributed by atoms with Crippen molar-refractivity contribution in [1.29, 1.82) is 0 Å². The van der Waals surface area contributed by atoms with Gasteiger partial charge in [-0.05, 0) is 44.0 Å². The van der Waals surface area contributed by atoms with E-state index >= 15 is 0 Å². The van der Waals surface area contributed by atoms with E-state index in [0.717, 1.165) is 33.8 Å².